The predicted octanol–water partition coefficient (Wildman–Crippen LogP) is 2.93. The quantitative estimate of drug-likeness (QED) is 0.807. The van der Waals surface area contributed by atoms with Crippen molar-refractivity contribution in [2.75, 3.05) is 0 Å². The van der Waals surface area contributed by atoms with Gasteiger partial charge in [-0.3, -0.25) is 4.79 Å². The molecule has 2 nitrogen and oxygen atoms in total. The molecule has 2 fully saturated rings. The second kappa shape index (κ2) is 4.17. The van der Waals surface area contributed by atoms with Gasteiger partial charge in [0.2, 0.25) is 0 Å². The van der Waals surface area contributed by atoms with Crippen LogP contribution in [0.15, 0.2) is 30.3 Å². The molecular weight excluding hydrogens is 224 g/mol. The molecule has 0 aromatic heterocycles. The summed E-state index contributed by atoms with van der Waals surface area (Å²) in [6, 6.07) is 9.75. The molecule has 0 heterocycles. The summed E-state index contributed by atoms with van der Waals surface area (Å²) in [6.45, 7) is 0. The van der Waals surface area contributed by atoms with E-state index in [0.717, 1.165) is 18.4 Å². The number of carbonyl (C=O) groups is 1. The Kier molecular flexibility index (Phi) is 2.63. The van der Waals surface area contributed by atoms with E-state index in [4.69, 9.17) is 0 Å². The van der Waals surface area contributed by atoms with Crippen LogP contribution in [0.5, 0.6) is 0 Å². The minimum atomic E-state index is -0.655. The van der Waals surface area contributed by atoms with E-state index in [-0.39, 0.29) is 0 Å². The lowest BCUT2D eigenvalue weighted by Gasteiger charge is -2.22. The van der Waals surface area contributed by atoms with Gasteiger partial charge >= 0.3 is 5.97 Å². The third-order valence-corrected chi connectivity index (χ3v) is 4.26. The molecular formula is C16H16O2. The number of fused-ring (bicyclic) bond motifs is 1. The topological polar surface area (TPSA) is 37.3 Å². The van der Waals surface area contributed by atoms with Crippen molar-refractivity contribution in [3.05, 3.63) is 35.9 Å². The lowest BCUT2D eigenvalue weighted by molar-refractivity contribution is -0.149. The number of rotatable bonds is 2. The van der Waals surface area contributed by atoms with Crippen molar-refractivity contribution in [3.8, 4) is 11.8 Å². The molecule has 1 N–H and O–H groups in total. The van der Waals surface area contributed by atoms with E-state index < -0.39 is 11.4 Å². The maximum Gasteiger partial charge on any atom is 0.310 e. The number of carboxylic acid groups (broad SMARTS) is 1. The minimum Gasteiger partial charge on any atom is -0.481 e. The fourth-order valence-corrected chi connectivity index (χ4v) is 3.13. The van der Waals surface area contributed by atoms with E-state index in [1.807, 2.05) is 30.3 Å². The van der Waals surface area contributed by atoms with Crippen LogP contribution in [0.25, 0.3) is 0 Å². The summed E-state index contributed by atoms with van der Waals surface area (Å²) in [5, 5.41) is 9.43. The highest BCUT2D eigenvalue weighted by Gasteiger charge is 2.57. The summed E-state index contributed by atoms with van der Waals surface area (Å²) >= 11 is 0. The molecule has 1 aromatic carbocycles. The van der Waals surface area contributed by atoms with Gasteiger partial charge in [-0.05, 0) is 43.2 Å². The van der Waals surface area contributed by atoms with Gasteiger partial charge in [0.1, 0.15) is 0 Å². The molecule has 2 atom stereocenters. The van der Waals surface area contributed by atoms with Gasteiger partial charge in [-0.1, -0.05) is 30.0 Å². The van der Waals surface area contributed by atoms with E-state index in [9.17, 15) is 9.90 Å². The fraction of sp³-hybridized carbons (Fsp3) is 0.438. The van der Waals surface area contributed by atoms with Gasteiger partial charge in [-0.15, -0.1) is 0 Å². The second-order valence-electron chi connectivity index (χ2n) is 5.59. The number of carboxylic acids is 1. The largest absolute Gasteiger partial charge is 0.481 e. The van der Waals surface area contributed by atoms with E-state index in [1.54, 1.807) is 0 Å². The van der Waals surface area contributed by atoms with E-state index in [2.05, 4.69) is 11.8 Å². The van der Waals surface area contributed by atoms with Crippen molar-refractivity contribution in [2.45, 2.75) is 25.7 Å². The lowest BCUT2D eigenvalue weighted by atomic mass is 9.80. The highest BCUT2D eigenvalue weighted by Crippen LogP contribution is 2.61. The standard InChI is InChI=1S/C16H16O2/c17-15(18)16(10-13-9-14(13)11-16)8-4-7-12-5-2-1-3-6-12/h1-3,5-6,13-14H,8-11H2,(H,17,18). The molecule has 2 aliphatic rings. The van der Waals surface area contributed by atoms with Crippen molar-refractivity contribution >= 4 is 5.97 Å². The van der Waals surface area contributed by atoms with Crippen LogP contribution < -0.4 is 0 Å². The number of hydrogen-bond acceptors (Lipinski definition) is 1. The van der Waals surface area contributed by atoms with Gasteiger partial charge in [-0.25, -0.2) is 0 Å². The summed E-state index contributed by atoms with van der Waals surface area (Å²) in [4.78, 5) is 11.5. The third-order valence-electron chi connectivity index (χ3n) is 4.26. The second-order valence-corrected chi connectivity index (χ2v) is 5.59. The third kappa shape index (κ3) is 2.01. The van der Waals surface area contributed by atoms with Gasteiger partial charge in [0.15, 0.2) is 0 Å². The Morgan fingerprint density at radius 3 is 2.56 bits per heavy atom. The van der Waals surface area contributed by atoms with Crippen LogP contribution in [0.3, 0.4) is 0 Å². The molecule has 18 heavy (non-hydrogen) atoms. The van der Waals surface area contributed by atoms with Gasteiger partial charge in [0.05, 0.1) is 5.41 Å². The first-order valence-corrected chi connectivity index (χ1v) is 6.47. The van der Waals surface area contributed by atoms with Crippen LogP contribution in [-0.2, 0) is 4.79 Å². The Morgan fingerprint density at radius 2 is 1.94 bits per heavy atom. The molecule has 2 heteroatoms. The smallest absolute Gasteiger partial charge is 0.310 e. The Hall–Kier alpha value is -1.75. The molecule has 92 valence electrons. The highest BCUT2D eigenvalue weighted by molar-refractivity contribution is 5.76. The molecule has 2 saturated carbocycles. The number of aliphatic carboxylic acids is 1. The molecule has 0 aliphatic heterocycles. The van der Waals surface area contributed by atoms with Crippen molar-refractivity contribution in [1.82, 2.24) is 0 Å². The first-order valence-electron chi connectivity index (χ1n) is 6.47. The van der Waals surface area contributed by atoms with E-state index in [0.29, 0.717) is 18.3 Å². The van der Waals surface area contributed by atoms with Gasteiger partial charge in [0.25, 0.3) is 0 Å². The lowest BCUT2D eigenvalue weighted by Crippen LogP contribution is -2.28. The predicted molar refractivity (Wildman–Crippen MR) is 68.8 cm³/mol. The molecule has 0 spiro atoms. The summed E-state index contributed by atoms with van der Waals surface area (Å²) in [5.41, 5.74) is 0.399. The highest BCUT2D eigenvalue weighted by atomic mass is 16.4. The van der Waals surface area contributed by atoms with Crippen molar-refractivity contribution in [3.63, 3.8) is 0 Å². The van der Waals surface area contributed by atoms with Crippen LogP contribution >= 0.6 is 0 Å². The monoisotopic (exact) mass is 240 g/mol. The minimum absolute atomic E-state index is 0.490. The van der Waals surface area contributed by atoms with Gasteiger partial charge in [0, 0.05) is 12.0 Å². The average molecular weight is 240 g/mol. The Balaban J connectivity index is 1.72. The molecule has 0 amide bonds. The van der Waals surface area contributed by atoms with E-state index in [1.165, 1.54) is 6.42 Å². The zero-order chi connectivity index (χ0) is 12.6. The van der Waals surface area contributed by atoms with Crippen LogP contribution in [0.4, 0.5) is 0 Å². The van der Waals surface area contributed by atoms with Crippen LogP contribution in [-0.4, -0.2) is 11.1 Å². The number of benzene rings is 1. The maximum absolute atomic E-state index is 11.5. The van der Waals surface area contributed by atoms with Crippen LogP contribution in [0.1, 0.15) is 31.2 Å². The van der Waals surface area contributed by atoms with Gasteiger partial charge < -0.3 is 5.11 Å². The normalized spacial score (nSPS) is 32.2. The average Bonchev–Trinajstić information content (AvgIpc) is 2.98. The molecule has 0 bridgehead atoms. The SMILES string of the molecule is O=C(O)C1(CC#Cc2ccccc2)CC2CC2C1. The fourth-order valence-electron chi connectivity index (χ4n) is 3.13. The molecule has 1 aromatic rings. The molecule has 0 radical (unpaired) electrons. The molecule has 0 saturated heterocycles. The Morgan fingerprint density at radius 1 is 1.28 bits per heavy atom. The van der Waals surface area contributed by atoms with E-state index >= 15 is 0 Å². The van der Waals surface area contributed by atoms with Crippen molar-refractivity contribution in [1.29, 1.82) is 0 Å². The number of hydrogen-bond donors (Lipinski definition) is 1. The van der Waals surface area contributed by atoms with Crippen molar-refractivity contribution < 1.29 is 9.90 Å². The Bertz CT molecular complexity index is 511. The molecule has 3 rings (SSSR count). The van der Waals surface area contributed by atoms with Crippen LogP contribution in [0.2, 0.25) is 0 Å². The summed E-state index contributed by atoms with van der Waals surface area (Å²) in [5.74, 6) is 6.82. The summed E-state index contributed by atoms with van der Waals surface area (Å²) in [6.07, 6.45) is 3.39. The first kappa shape index (κ1) is 11.3. The van der Waals surface area contributed by atoms with Gasteiger partial charge in [-0.2, -0.15) is 0 Å². The summed E-state index contributed by atoms with van der Waals surface area (Å²) < 4.78 is 0. The zero-order valence-electron chi connectivity index (χ0n) is 10.2. The Labute approximate surface area is 107 Å². The zero-order valence-corrected chi connectivity index (χ0v) is 10.2. The van der Waals surface area contributed by atoms with Crippen LogP contribution in [0, 0.1) is 29.1 Å². The van der Waals surface area contributed by atoms with Crippen molar-refractivity contribution in [2.24, 2.45) is 17.3 Å². The maximum atomic E-state index is 11.5. The summed E-state index contributed by atoms with van der Waals surface area (Å²) in [7, 11) is 0. The molecule has 2 aliphatic carbocycles. The first-order chi connectivity index (χ1) is 8.70. The molecule has 2 unspecified atom stereocenters.